The van der Waals surface area contributed by atoms with Gasteiger partial charge in [0, 0.05) is 50.1 Å². The number of carbonyl (C=O) groups is 1. The first-order valence-corrected chi connectivity index (χ1v) is 12.0. The average molecular weight is 566 g/mol. The van der Waals surface area contributed by atoms with E-state index in [1.807, 2.05) is 17.0 Å². The van der Waals surface area contributed by atoms with Crippen molar-refractivity contribution in [1.29, 1.82) is 0 Å². The van der Waals surface area contributed by atoms with E-state index in [1.54, 1.807) is 6.26 Å². The molecule has 2 N–H and O–H groups in total. The standard InChI is InChI=1S/C25H35N5O2.HI/c1-3-26-25(29-21-13-15-30(16-21)24(31)20-6-4-5-7-20)27-14-12-22-17-32-23(28-22)19-10-8-18(2)9-11-19;/h8-11,17,20-21H,3-7,12-16H2,1-2H3,(H2,26,27,29);1H. The van der Waals surface area contributed by atoms with E-state index >= 15 is 0 Å². The molecular weight excluding hydrogens is 529 g/mol. The van der Waals surface area contributed by atoms with E-state index in [0.29, 0.717) is 24.8 Å². The number of rotatable bonds is 7. The molecule has 1 aliphatic heterocycles. The van der Waals surface area contributed by atoms with Gasteiger partial charge < -0.3 is 20.0 Å². The first-order valence-electron chi connectivity index (χ1n) is 12.0. The van der Waals surface area contributed by atoms with Gasteiger partial charge in [0.2, 0.25) is 11.8 Å². The Balaban J connectivity index is 0.00000306. The number of aryl methyl sites for hydroxylation is 1. The molecule has 2 aromatic rings. The molecule has 7 nitrogen and oxygen atoms in total. The number of amides is 1. The minimum absolute atomic E-state index is 0. The molecule has 0 radical (unpaired) electrons. The molecule has 1 saturated carbocycles. The summed E-state index contributed by atoms with van der Waals surface area (Å²) in [4.78, 5) is 24.1. The number of nitrogens with one attached hydrogen (secondary N) is 2. The quantitative estimate of drug-likeness (QED) is 0.300. The second kappa shape index (κ2) is 12.4. The zero-order valence-corrected chi connectivity index (χ0v) is 22.0. The number of carbonyl (C=O) groups excluding carboxylic acids is 1. The molecule has 1 unspecified atom stereocenters. The van der Waals surface area contributed by atoms with Crippen molar-refractivity contribution in [2.45, 2.75) is 58.4 Å². The fraction of sp³-hybridized carbons (Fsp3) is 0.560. The van der Waals surface area contributed by atoms with Gasteiger partial charge in [-0.25, -0.2) is 4.98 Å². The molecule has 8 heteroatoms. The van der Waals surface area contributed by atoms with Crippen LogP contribution in [-0.4, -0.2) is 54.0 Å². The monoisotopic (exact) mass is 565 g/mol. The number of guanidine groups is 1. The predicted molar refractivity (Wildman–Crippen MR) is 142 cm³/mol. The number of aromatic nitrogens is 1. The van der Waals surface area contributed by atoms with Crippen LogP contribution in [-0.2, 0) is 11.2 Å². The normalized spacial score (nSPS) is 18.9. The molecule has 1 aliphatic carbocycles. The summed E-state index contributed by atoms with van der Waals surface area (Å²) in [7, 11) is 0. The van der Waals surface area contributed by atoms with Crippen LogP contribution >= 0.6 is 24.0 Å². The van der Waals surface area contributed by atoms with Crippen LogP contribution in [0.4, 0.5) is 0 Å². The zero-order valence-electron chi connectivity index (χ0n) is 19.7. The topological polar surface area (TPSA) is 82.8 Å². The number of aliphatic imine (C=N–C) groups is 1. The van der Waals surface area contributed by atoms with Crippen molar-refractivity contribution in [2.75, 3.05) is 26.2 Å². The Labute approximate surface area is 213 Å². The highest BCUT2D eigenvalue weighted by molar-refractivity contribution is 14.0. The van der Waals surface area contributed by atoms with Gasteiger partial charge in [-0.15, -0.1) is 24.0 Å². The predicted octanol–water partition coefficient (Wildman–Crippen LogP) is 4.16. The van der Waals surface area contributed by atoms with Gasteiger partial charge in [-0.2, -0.15) is 0 Å². The maximum absolute atomic E-state index is 12.7. The Kier molecular flexibility index (Phi) is 9.58. The molecule has 0 bridgehead atoms. The summed E-state index contributed by atoms with van der Waals surface area (Å²) in [5.74, 6) is 2.05. The minimum Gasteiger partial charge on any atom is -0.444 e. The van der Waals surface area contributed by atoms with E-state index in [9.17, 15) is 4.79 Å². The van der Waals surface area contributed by atoms with E-state index < -0.39 is 0 Å². The molecule has 0 spiro atoms. The molecule has 2 aliphatic rings. The van der Waals surface area contributed by atoms with Gasteiger partial charge in [-0.05, 0) is 45.2 Å². The summed E-state index contributed by atoms with van der Waals surface area (Å²) in [5.41, 5.74) is 3.10. The molecule has 4 rings (SSSR count). The molecule has 2 heterocycles. The highest BCUT2D eigenvalue weighted by atomic mass is 127. The van der Waals surface area contributed by atoms with E-state index in [-0.39, 0.29) is 35.9 Å². The summed E-state index contributed by atoms with van der Waals surface area (Å²) in [6.07, 6.45) is 7.91. The molecule has 1 atom stereocenters. The maximum atomic E-state index is 12.7. The SMILES string of the molecule is CCNC(=NCCc1coc(-c2ccc(C)cc2)n1)NC1CCN(C(=O)C2CCCC2)C1.I. The van der Waals surface area contributed by atoms with Crippen molar-refractivity contribution in [3.05, 3.63) is 41.8 Å². The lowest BCUT2D eigenvalue weighted by Crippen LogP contribution is -2.45. The van der Waals surface area contributed by atoms with Crippen molar-refractivity contribution in [1.82, 2.24) is 20.5 Å². The second-order valence-corrected chi connectivity index (χ2v) is 8.92. The van der Waals surface area contributed by atoms with Crippen LogP contribution in [0.3, 0.4) is 0 Å². The van der Waals surface area contributed by atoms with Crippen LogP contribution < -0.4 is 10.6 Å². The van der Waals surface area contributed by atoms with Gasteiger partial charge >= 0.3 is 0 Å². The van der Waals surface area contributed by atoms with Gasteiger partial charge in [-0.3, -0.25) is 9.79 Å². The van der Waals surface area contributed by atoms with Crippen molar-refractivity contribution >= 4 is 35.8 Å². The molecule has 1 aromatic heterocycles. The lowest BCUT2D eigenvalue weighted by atomic mass is 10.1. The van der Waals surface area contributed by atoms with Crippen molar-refractivity contribution in [3.63, 3.8) is 0 Å². The van der Waals surface area contributed by atoms with E-state index in [2.05, 4.69) is 41.6 Å². The van der Waals surface area contributed by atoms with Crippen molar-refractivity contribution in [3.8, 4) is 11.5 Å². The van der Waals surface area contributed by atoms with Crippen LogP contribution in [0.25, 0.3) is 11.5 Å². The Bertz CT molecular complexity index is 921. The fourth-order valence-electron chi connectivity index (χ4n) is 4.56. The lowest BCUT2D eigenvalue weighted by molar-refractivity contribution is -0.134. The summed E-state index contributed by atoms with van der Waals surface area (Å²) >= 11 is 0. The largest absolute Gasteiger partial charge is 0.444 e. The number of likely N-dealkylation sites (tertiary alicyclic amines) is 1. The van der Waals surface area contributed by atoms with Crippen LogP contribution in [0.1, 0.15) is 50.3 Å². The first-order chi connectivity index (χ1) is 15.6. The highest BCUT2D eigenvalue weighted by Crippen LogP contribution is 2.27. The Morgan fingerprint density at radius 2 is 1.97 bits per heavy atom. The molecular formula is C25H36IN5O2. The number of halogens is 1. The summed E-state index contributed by atoms with van der Waals surface area (Å²) < 4.78 is 5.65. The van der Waals surface area contributed by atoms with Gasteiger partial charge in [0.15, 0.2) is 5.96 Å². The summed E-state index contributed by atoms with van der Waals surface area (Å²) in [5, 5.41) is 6.84. The molecule has 180 valence electrons. The number of hydrogen-bond acceptors (Lipinski definition) is 4. The lowest BCUT2D eigenvalue weighted by Gasteiger charge is -2.21. The third kappa shape index (κ3) is 6.94. The van der Waals surface area contributed by atoms with Crippen molar-refractivity contribution in [2.24, 2.45) is 10.9 Å². The smallest absolute Gasteiger partial charge is 0.226 e. The molecule has 1 aromatic carbocycles. The molecule has 2 fully saturated rings. The minimum atomic E-state index is 0. The first kappa shape index (κ1) is 25.5. The van der Waals surface area contributed by atoms with E-state index in [4.69, 9.17) is 9.41 Å². The van der Waals surface area contributed by atoms with Gasteiger partial charge in [0.1, 0.15) is 6.26 Å². The number of oxazole rings is 1. The maximum Gasteiger partial charge on any atom is 0.226 e. The Morgan fingerprint density at radius 3 is 2.70 bits per heavy atom. The van der Waals surface area contributed by atoms with E-state index in [0.717, 1.165) is 56.1 Å². The highest BCUT2D eigenvalue weighted by Gasteiger charge is 2.32. The second-order valence-electron chi connectivity index (χ2n) is 8.92. The van der Waals surface area contributed by atoms with Gasteiger partial charge in [0.05, 0.1) is 5.69 Å². The Morgan fingerprint density at radius 1 is 1.21 bits per heavy atom. The number of hydrogen-bond donors (Lipinski definition) is 2. The van der Waals surface area contributed by atoms with Crippen LogP contribution in [0, 0.1) is 12.8 Å². The summed E-state index contributed by atoms with van der Waals surface area (Å²) in [6.45, 7) is 7.15. The van der Waals surface area contributed by atoms with Gasteiger partial charge in [0.25, 0.3) is 0 Å². The van der Waals surface area contributed by atoms with Crippen LogP contribution in [0.5, 0.6) is 0 Å². The number of nitrogens with zero attached hydrogens (tertiary/aromatic N) is 3. The van der Waals surface area contributed by atoms with E-state index in [1.165, 1.54) is 18.4 Å². The third-order valence-electron chi connectivity index (χ3n) is 6.38. The molecule has 33 heavy (non-hydrogen) atoms. The van der Waals surface area contributed by atoms with Crippen LogP contribution in [0.15, 0.2) is 39.9 Å². The van der Waals surface area contributed by atoms with Crippen LogP contribution in [0.2, 0.25) is 0 Å². The van der Waals surface area contributed by atoms with Crippen molar-refractivity contribution < 1.29 is 9.21 Å². The fourth-order valence-corrected chi connectivity index (χ4v) is 4.56. The third-order valence-corrected chi connectivity index (χ3v) is 6.38. The average Bonchev–Trinajstić information content (AvgIpc) is 3.56. The van der Waals surface area contributed by atoms with Gasteiger partial charge in [-0.1, -0.05) is 30.5 Å². The zero-order chi connectivity index (χ0) is 22.3. The summed E-state index contributed by atoms with van der Waals surface area (Å²) in [6, 6.07) is 8.42. The Hall–Kier alpha value is -2.10. The molecule has 1 amide bonds. The molecule has 1 saturated heterocycles. The number of benzene rings is 1.